The van der Waals surface area contributed by atoms with Gasteiger partial charge in [0.25, 0.3) is 5.91 Å². The molecule has 0 radical (unpaired) electrons. The number of halogens is 3. The van der Waals surface area contributed by atoms with Gasteiger partial charge in [0.1, 0.15) is 5.75 Å². The highest BCUT2D eigenvalue weighted by atomic mass is 19.4. The van der Waals surface area contributed by atoms with Crippen molar-refractivity contribution in [1.82, 2.24) is 0 Å². The van der Waals surface area contributed by atoms with Crippen LogP contribution in [0.2, 0.25) is 0 Å². The van der Waals surface area contributed by atoms with Crippen molar-refractivity contribution >= 4 is 34.6 Å². The van der Waals surface area contributed by atoms with Crippen LogP contribution in [0.4, 0.5) is 35.9 Å². The summed E-state index contributed by atoms with van der Waals surface area (Å²) in [6.07, 6.45) is -4.23. The van der Waals surface area contributed by atoms with Gasteiger partial charge in [-0.15, -0.1) is 13.2 Å². The molecule has 0 aliphatic carbocycles. The second-order valence-electron chi connectivity index (χ2n) is 10.6. The van der Waals surface area contributed by atoms with Gasteiger partial charge in [-0.25, -0.2) is 0 Å². The number of nitrogens with one attached hydrogen (secondary N) is 2. The largest absolute Gasteiger partial charge is 0.573 e. The van der Waals surface area contributed by atoms with Gasteiger partial charge in [0.15, 0.2) is 5.75 Å². The van der Waals surface area contributed by atoms with Gasteiger partial charge in [-0.1, -0.05) is 24.3 Å². The zero-order valence-electron chi connectivity index (χ0n) is 24.0. The number of carbonyl (C=O) groups excluding carboxylic acids is 2. The molecule has 232 valence electrons. The van der Waals surface area contributed by atoms with Crippen LogP contribution in [0.5, 0.6) is 11.5 Å². The van der Waals surface area contributed by atoms with E-state index in [4.69, 9.17) is 10.5 Å². The van der Waals surface area contributed by atoms with Crippen molar-refractivity contribution < 1.29 is 37.2 Å². The molecule has 1 atom stereocenters. The van der Waals surface area contributed by atoms with Crippen molar-refractivity contribution in [3.63, 3.8) is 0 Å². The van der Waals surface area contributed by atoms with E-state index in [0.29, 0.717) is 51.3 Å². The van der Waals surface area contributed by atoms with Crippen molar-refractivity contribution in [2.45, 2.75) is 31.5 Å². The summed E-state index contributed by atoms with van der Waals surface area (Å²) in [5.41, 5.74) is 8.84. The number of nitro benzene ring substituents is 1. The van der Waals surface area contributed by atoms with Gasteiger partial charge in [-0.3, -0.25) is 19.7 Å². The summed E-state index contributed by atoms with van der Waals surface area (Å²) in [6.45, 7) is 1.67. The summed E-state index contributed by atoms with van der Waals surface area (Å²) in [7, 11) is 1.35. The Morgan fingerprint density at radius 1 is 0.911 bits per heavy atom. The maximum atomic E-state index is 13.2. The second kappa shape index (κ2) is 11.8. The monoisotopic (exact) mass is 620 g/mol. The fraction of sp³-hybridized carbons (Fsp3) is 0.188. The number of amides is 2. The Kier molecular flexibility index (Phi) is 8.11. The van der Waals surface area contributed by atoms with Gasteiger partial charge in [0, 0.05) is 6.07 Å². The Hall–Kier alpha value is -5.59. The van der Waals surface area contributed by atoms with E-state index in [1.54, 1.807) is 55.5 Å². The number of benzene rings is 4. The molecular formula is C32H27F3N4O6. The lowest BCUT2D eigenvalue weighted by atomic mass is 9.76. The first-order valence-corrected chi connectivity index (χ1v) is 13.6. The van der Waals surface area contributed by atoms with Gasteiger partial charge < -0.3 is 25.8 Å². The van der Waals surface area contributed by atoms with Crippen molar-refractivity contribution in [2.24, 2.45) is 5.73 Å². The van der Waals surface area contributed by atoms with Crippen LogP contribution in [0, 0.1) is 10.1 Å². The summed E-state index contributed by atoms with van der Waals surface area (Å²) < 4.78 is 46.6. The molecule has 0 spiro atoms. The minimum Gasteiger partial charge on any atom is -0.490 e. The predicted octanol–water partition coefficient (Wildman–Crippen LogP) is 6.85. The molecule has 1 unspecified atom stereocenters. The van der Waals surface area contributed by atoms with Gasteiger partial charge in [0.05, 0.1) is 40.1 Å². The number of rotatable bonds is 9. The number of anilines is 3. The molecule has 1 heterocycles. The van der Waals surface area contributed by atoms with Crippen LogP contribution in [0.25, 0.3) is 11.1 Å². The number of primary amides is 1. The number of nitrogens with two attached hydrogens (primary N) is 1. The standard InChI is InChI=1S/C32H27F3N4O6/c1-31(30(36)41,14-13-18-3-8-22(9-4-18)45-32(33,34)35)21-7-11-24-26(17-21)38-29(40)23-10-5-19(15-25(23)37-24)20-6-12-27(39(42)43)28(16-20)44-2/h3-12,15-17,37H,13-14H2,1-2H3,(H2,36,41)(H,38,40). The zero-order chi connectivity index (χ0) is 32.5. The molecule has 1 aliphatic rings. The Labute approximate surface area is 255 Å². The summed E-state index contributed by atoms with van der Waals surface area (Å²) in [6, 6.07) is 20.1. The van der Waals surface area contributed by atoms with Crippen molar-refractivity contribution in [1.29, 1.82) is 0 Å². The molecule has 0 fully saturated rings. The molecule has 4 aromatic rings. The first-order chi connectivity index (χ1) is 21.3. The Morgan fingerprint density at radius 3 is 2.24 bits per heavy atom. The molecule has 4 aromatic carbocycles. The van der Waals surface area contributed by atoms with E-state index in [-0.39, 0.29) is 23.6 Å². The zero-order valence-corrected chi connectivity index (χ0v) is 24.0. The minimum absolute atomic E-state index is 0.0982. The Bertz CT molecular complexity index is 1810. The number of hydrogen-bond donors (Lipinski definition) is 3. The van der Waals surface area contributed by atoms with Crippen LogP contribution in [0.3, 0.4) is 0 Å². The van der Waals surface area contributed by atoms with Crippen molar-refractivity contribution in [3.05, 3.63) is 106 Å². The second-order valence-corrected chi connectivity index (χ2v) is 10.6. The molecule has 1 aliphatic heterocycles. The van der Waals surface area contributed by atoms with E-state index in [2.05, 4.69) is 15.4 Å². The van der Waals surface area contributed by atoms with Gasteiger partial charge >= 0.3 is 12.0 Å². The molecule has 5 rings (SSSR count). The van der Waals surface area contributed by atoms with Crippen LogP contribution in [0.15, 0.2) is 78.9 Å². The average Bonchev–Trinajstić information content (AvgIpc) is 3.13. The normalized spacial score (nSPS) is 13.7. The molecule has 4 N–H and O–H groups in total. The quantitative estimate of drug-likeness (QED) is 0.137. The van der Waals surface area contributed by atoms with Gasteiger partial charge in [0.2, 0.25) is 5.91 Å². The van der Waals surface area contributed by atoms with E-state index < -0.39 is 28.5 Å². The van der Waals surface area contributed by atoms with Crippen LogP contribution < -0.4 is 25.8 Å². The number of hydrogen-bond acceptors (Lipinski definition) is 7. The first-order valence-electron chi connectivity index (χ1n) is 13.6. The predicted molar refractivity (Wildman–Crippen MR) is 161 cm³/mol. The van der Waals surface area contributed by atoms with E-state index >= 15 is 0 Å². The smallest absolute Gasteiger partial charge is 0.490 e. The third-order valence-electron chi connectivity index (χ3n) is 7.76. The SMILES string of the molecule is COc1cc(-c2ccc3c(c2)Nc2ccc(C(C)(CCc4ccc(OC(F)(F)F)cc4)C(N)=O)cc2NC3=O)ccc1[N+](=O)[O-]. The molecule has 10 nitrogen and oxygen atoms in total. The highest BCUT2D eigenvalue weighted by Gasteiger charge is 2.34. The molecule has 0 aromatic heterocycles. The minimum atomic E-state index is -4.80. The lowest BCUT2D eigenvalue weighted by Gasteiger charge is -2.28. The number of methoxy groups -OCH3 is 1. The van der Waals surface area contributed by atoms with Gasteiger partial charge in [-0.05, 0) is 90.6 Å². The summed E-state index contributed by atoms with van der Waals surface area (Å²) >= 11 is 0. The topological polar surface area (TPSA) is 146 Å². The fourth-order valence-electron chi connectivity index (χ4n) is 5.13. The summed E-state index contributed by atoms with van der Waals surface area (Å²) in [4.78, 5) is 36.7. The maximum absolute atomic E-state index is 13.2. The van der Waals surface area contributed by atoms with Crippen LogP contribution >= 0.6 is 0 Å². The fourth-order valence-corrected chi connectivity index (χ4v) is 5.13. The Balaban J connectivity index is 1.40. The molecule has 13 heteroatoms. The Morgan fingerprint density at radius 2 is 1.60 bits per heavy atom. The van der Waals surface area contributed by atoms with Crippen LogP contribution in [-0.2, 0) is 16.6 Å². The molecule has 0 saturated heterocycles. The van der Waals surface area contributed by atoms with Crippen molar-refractivity contribution in [2.75, 3.05) is 17.7 Å². The van der Waals surface area contributed by atoms with Crippen LogP contribution in [-0.4, -0.2) is 30.2 Å². The van der Waals surface area contributed by atoms with E-state index in [1.807, 2.05) is 0 Å². The lowest BCUT2D eigenvalue weighted by Crippen LogP contribution is -2.39. The highest BCUT2D eigenvalue weighted by molar-refractivity contribution is 6.12. The third kappa shape index (κ3) is 6.51. The average molecular weight is 621 g/mol. The molecule has 2 amide bonds. The number of nitrogens with zero attached hydrogens (tertiary/aromatic N) is 1. The highest BCUT2D eigenvalue weighted by Crippen LogP contribution is 2.40. The summed E-state index contributed by atoms with van der Waals surface area (Å²) in [5, 5.41) is 17.4. The summed E-state index contributed by atoms with van der Waals surface area (Å²) in [5.74, 6) is -1.26. The molecule has 45 heavy (non-hydrogen) atoms. The first kappa shape index (κ1) is 30.9. The van der Waals surface area contributed by atoms with Gasteiger partial charge in [-0.2, -0.15) is 0 Å². The van der Waals surface area contributed by atoms with Crippen molar-refractivity contribution in [3.8, 4) is 22.6 Å². The molecule has 0 saturated carbocycles. The maximum Gasteiger partial charge on any atom is 0.573 e. The van der Waals surface area contributed by atoms with Crippen LogP contribution in [0.1, 0.15) is 34.8 Å². The van der Waals surface area contributed by atoms with E-state index in [9.17, 15) is 32.9 Å². The lowest BCUT2D eigenvalue weighted by molar-refractivity contribution is -0.385. The number of aryl methyl sites for hydroxylation is 1. The van der Waals surface area contributed by atoms with E-state index in [1.165, 1.54) is 37.4 Å². The number of ether oxygens (including phenoxy) is 2. The number of nitro groups is 1. The number of alkyl halides is 3. The van der Waals surface area contributed by atoms with E-state index in [0.717, 1.165) is 0 Å². The number of fused-ring (bicyclic) bond motifs is 2. The molecular weight excluding hydrogens is 593 g/mol. The number of carbonyl (C=O) groups is 2. The molecule has 0 bridgehead atoms. The third-order valence-corrected chi connectivity index (χ3v) is 7.76.